The summed E-state index contributed by atoms with van der Waals surface area (Å²) in [5.41, 5.74) is 0.330. The molecular weight excluding hydrogens is 320 g/mol. The van der Waals surface area contributed by atoms with Crippen molar-refractivity contribution in [1.29, 1.82) is 0 Å². The molecule has 5 heteroatoms. The van der Waals surface area contributed by atoms with Crippen molar-refractivity contribution in [3.05, 3.63) is 23.8 Å². The van der Waals surface area contributed by atoms with E-state index in [-0.39, 0.29) is 11.7 Å². The maximum atomic E-state index is 13.3. The van der Waals surface area contributed by atoms with Gasteiger partial charge in [0.05, 0.1) is 20.8 Å². The van der Waals surface area contributed by atoms with Crippen LogP contribution in [0.3, 0.4) is 0 Å². The van der Waals surface area contributed by atoms with Crippen LogP contribution in [0.4, 0.5) is 0 Å². The number of esters is 1. The van der Waals surface area contributed by atoms with E-state index in [1.165, 1.54) is 14.2 Å². The predicted octanol–water partition coefficient (Wildman–Crippen LogP) is 4.04. The van der Waals surface area contributed by atoms with Gasteiger partial charge in [0.25, 0.3) is 0 Å². The predicted molar refractivity (Wildman–Crippen MR) is 95.2 cm³/mol. The molecule has 1 unspecified atom stereocenters. The molecule has 0 spiro atoms. The molecule has 25 heavy (non-hydrogen) atoms. The molecule has 2 rings (SSSR count). The van der Waals surface area contributed by atoms with Crippen molar-refractivity contribution in [1.82, 2.24) is 0 Å². The van der Waals surface area contributed by atoms with E-state index in [9.17, 15) is 9.59 Å². The molecule has 5 nitrogen and oxygen atoms in total. The van der Waals surface area contributed by atoms with Crippen molar-refractivity contribution in [2.24, 2.45) is 11.8 Å². The summed E-state index contributed by atoms with van der Waals surface area (Å²) in [5, 5.41) is 0. The summed E-state index contributed by atoms with van der Waals surface area (Å²) >= 11 is 0. The molecule has 0 radical (unpaired) electrons. The first-order valence-electron chi connectivity index (χ1n) is 9.05. The first kappa shape index (κ1) is 19.3. The molecule has 0 N–H and O–H groups in total. The van der Waals surface area contributed by atoms with Gasteiger partial charge in [-0.15, -0.1) is 0 Å². The fourth-order valence-corrected chi connectivity index (χ4v) is 3.46. The molecule has 0 aromatic heterocycles. The second kappa shape index (κ2) is 9.44. The summed E-state index contributed by atoms with van der Waals surface area (Å²) in [4.78, 5) is 26.0. The van der Waals surface area contributed by atoms with E-state index in [4.69, 9.17) is 14.2 Å². The molecular formula is C20H28O5. The Morgan fingerprint density at radius 3 is 2.24 bits per heavy atom. The van der Waals surface area contributed by atoms with E-state index in [1.807, 2.05) is 6.92 Å². The molecule has 1 aliphatic carbocycles. The minimum Gasteiger partial charge on any atom is -0.496 e. The molecule has 0 saturated heterocycles. The van der Waals surface area contributed by atoms with Gasteiger partial charge in [0, 0.05) is 0 Å². The molecule has 0 heterocycles. The number of carbonyl (C=O) groups excluding carboxylic acids is 2. The lowest BCUT2D eigenvalue weighted by atomic mass is 9.84. The van der Waals surface area contributed by atoms with Crippen molar-refractivity contribution in [3.63, 3.8) is 0 Å². The second-order valence-corrected chi connectivity index (χ2v) is 6.45. The lowest BCUT2D eigenvalue weighted by Gasteiger charge is -2.22. The number of benzene rings is 1. The lowest BCUT2D eigenvalue weighted by molar-refractivity contribution is -0.148. The Morgan fingerprint density at radius 1 is 1.12 bits per heavy atom. The third-order valence-electron chi connectivity index (χ3n) is 4.82. The van der Waals surface area contributed by atoms with Crippen LogP contribution in [0.2, 0.25) is 0 Å². The number of methoxy groups -OCH3 is 2. The number of Topliss-reactive ketones (excluding diaryl/α,β-unsaturated/α-hetero) is 1. The maximum Gasteiger partial charge on any atom is 0.317 e. The first-order valence-corrected chi connectivity index (χ1v) is 9.05. The van der Waals surface area contributed by atoms with E-state index in [2.05, 4.69) is 0 Å². The average Bonchev–Trinajstić information content (AvgIpc) is 3.15. The topological polar surface area (TPSA) is 61.8 Å². The van der Waals surface area contributed by atoms with Crippen molar-refractivity contribution < 1.29 is 23.8 Å². The molecule has 138 valence electrons. The summed E-state index contributed by atoms with van der Waals surface area (Å²) in [6.45, 7) is 2.39. The molecule has 0 amide bonds. The van der Waals surface area contributed by atoms with Crippen LogP contribution in [-0.4, -0.2) is 32.6 Å². The zero-order chi connectivity index (χ0) is 18.2. The van der Waals surface area contributed by atoms with Gasteiger partial charge < -0.3 is 14.2 Å². The monoisotopic (exact) mass is 348 g/mol. The highest BCUT2D eigenvalue weighted by molar-refractivity contribution is 6.12. The lowest BCUT2D eigenvalue weighted by Crippen LogP contribution is -2.33. The number of hydrogen-bond acceptors (Lipinski definition) is 5. The second-order valence-electron chi connectivity index (χ2n) is 6.45. The van der Waals surface area contributed by atoms with Crippen LogP contribution in [0.15, 0.2) is 18.2 Å². The van der Waals surface area contributed by atoms with Gasteiger partial charge in [0.1, 0.15) is 23.0 Å². The smallest absolute Gasteiger partial charge is 0.317 e. The Kier molecular flexibility index (Phi) is 7.29. The van der Waals surface area contributed by atoms with E-state index < -0.39 is 11.9 Å². The van der Waals surface area contributed by atoms with Gasteiger partial charge in [-0.05, 0) is 37.3 Å². The number of hydrogen-bond donors (Lipinski definition) is 0. The molecule has 1 aliphatic rings. The summed E-state index contributed by atoms with van der Waals surface area (Å²) < 4.78 is 16.1. The van der Waals surface area contributed by atoms with Gasteiger partial charge >= 0.3 is 5.97 Å². The third-order valence-corrected chi connectivity index (χ3v) is 4.82. The first-order chi connectivity index (χ1) is 12.1. The third kappa shape index (κ3) is 4.53. The summed E-state index contributed by atoms with van der Waals surface area (Å²) in [7, 11) is 3.02. The van der Waals surface area contributed by atoms with E-state index >= 15 is 0 Å². The van der Waals surface area contributed by atoms with Crippen LogP contribution in [0.25, 0.3) is 0 Å². The Hall–Kier alpha value is -2.04. The van der Waals surface area contributed by atoms with E-state index in [0.717, 1.165) is 38.5 Å². The molecule has 1 saturated carbocycles. The number of unbranched alkanes of at least 4 members (excludes halogenated alkanes) is 1. The van der Waals surface area contributed by atoms with Crippen LogP contribution in [0, 0.1) is 11.8 Å². The summed E-state index contributed by atoms with van der Waals surface area (Å²) in [6, 6.07) is 5.19. The minimum atomic E-state index is -0.787. The highest BCUT2D eigenvalue weighted by atomic mass is 16.5. The summed E-state index contributed by atoms with van der Waals surface area (Å²) in [6.07, 6.45) is 5.57. The van der Waals surface area contributed by atoms with Gasteiger partial charge in [-0.2, -0.15) is 0 Å². The highest BCUT2D eigenvalue weighted by Gasteiger charge is 2.40. The highest BCUT2D eigenvalue weighted by Crippen LogP contribution is 2.38. The van der Waals surface area contributed by atoms with Gasteiger partial charge in [-0.1, -0.05) is 32.3 Å². The zero-order valence-electron chi connectivity index (χ0n) is 15.4. The number of ketones is 1. The quantitative estimate of drug-likeness (QED) is 0.292. The van der Waals surface area contributed by atoms with Crippen LogP contribution >= 0.6 is 0 Å². The fourth-order valence-electron chi connectivity index (χ4n) is 3.46. The van der Waals surface area contributed by atoms with Crippen molar-refractivity contribution >= 4 is 11.8 Å². The van der Waals surface area contributed by atoms with E-state index in [1.54, 1.807) is 18.2 Å². The van der Waals surface area contributed by atoms with Gasteiger partial charge in [-0.25, -0.2) is 0 Å². The van der Waals surface area contributed by atoms with Crippen LogP contribution in [0.1, 0.15) is 55.8 Å². The largest absolute Gasteiger partial charge is 0.496 e. The average molecular weight is 348 g/mol. The Morgan fingerprint density at radius 2 is 1.72 bits per heavy atom. The molecule has 1 fully saturated rings. The van der Waals surface area contributed by atoms with Gasteiger partial charge in [0.2, 0.25) is 0 Å². The van der Waals surface area contributed by atoms with Crippen molar-refractivity contribution in [2.75, 3.05) is 20.8 Å². The van der Waals surface area contributed by atoms with Crippen LogP contribution in [-0.2, 0) is 9.53 Å². The molecule has 0 aliphatic heterocycles. The molecule has 1 aromatic carbocycles. The van der Waals surface area contributed by atoms with Gasteiger partial charge in [-0.3, -0.25) is 9.59 Å². The molecule has 1 aromatic rings. The Balaban J connectivity index is 2.33. The fraction of sp³-hybridized carbons (Fsp3) is 0.600. The number of ether oxygens (including phenoxy) is 3. The summed E-state index contributed by atoms with van der Waals surface area (Å²) in [5.74, 6) is -0.593. The molecule has 0 bridgehead atoms. The number of rotatable bonds is 9. The standard InChI is InChI=1S/C20H28O5/c1-4-5-13-25-20(22)17(14-9-6-7-10-14)19(21)18-15(23-2)11-8-12-16(18)24-3/h8,11-12,14,17H,4-7,9-10,13H2,1-3H3. The van der Waals surface area contributed by atoms with E-state index in [0.29, 0.717) is 23.7 Å². The van der Waals surface area contributed by atoms with Gasteiger partial charge in [0.15, 0.2) is 5.78 Å². The number of carbonyl (C=O) groups is 2. The SMILES string of the molecule is CCCCOC(=O)C(C(=O)c1c(OC)cccc1OC)C1CCCC1. The minimum absolute atomic E-state index is 0.0243. The van der Waals surface area contributed by atoms with Crippen molar-refractivity contribution in [2.45, 2.75) is 45.4 Å². The Labute approximate surface area is 149 Å². The van der Waals surface area contributed by atoms with Crippen LogP contribution < -0.4 is 9.47 Å². The Bertz CT molecular complexity index is 567. The normalized spacial score (nSPS) is 15.6. The van der Waals surface area contributed by atoms with Crippen LogP contribution in [0.5, 0.6) is 11.5 Å². The van der Waals surface area contributed by atoms with Crippen molar-refractivity contribution in [3.8, 4) is 11.5 Å². The zero-order valence-corrected chi connectivity index (χ0v) is 15.4. The molecule has 1 atom stereocenters. The maximum absolute atomic E-state index is 13.3.